The third kappa shape index (κ3) is 4.81. The van der Waals surface area contributed by atoms with Gasteiger partial charge in [-0.2, -0.15) is 4.31 Å². The third-order valence-electron chi connectivity index (χ3n) is 4.08. The van der Waals surface area contributed by atoms with Crippen LogP contribution >= 0.6 is 11.6 Å². The summed E-state index contributed by atoms with van der Waals surface area (Å²) in [6.07, 6.45) is 1.46. The zero-order valence-corrected chi connectivity index (χ0v) is 16.7. The Balaban J connectivity index is 1.83. The lowest BCUT2D eigenvalue weighted by Gasteiger charge is -2.21. The SMILES string of the molecule is Cc1cc(Cl)ccc1NC(=O)CN(Cc1ccco1)S(=O)(=O)c1ccccc1. The standard InChI is InChI=1S/C20H19ClN2O4S/c1-15-12-16(21)9-10-19(15)22-20(24)14-23(13-17-6-5-11-27-17)28(25,26)18-7-3-2-4-8-18/h2-12H,13-14H2,1H3,(H,22,24). The maximum atomic E-state index is 13.0. The molecule has 0 aliphatic carbocycles. The molecule has 1 amide bonds. The fourth-order valence-corrected chi connectivity index (χ4v) is 4.27. The highest BCUT2D eigenvalue weighted by Gasteiger charge is 2.27. The predicted molar refractivity (Wildman–Crippen MR) is 108 cm³/mol. The Bertz CT molecular complexity index is 1050. The molecule has 1 heterocycles. The molecule has 0 radical (unpaired) electrons. The fourth-order valence-electron chi connectivity index (χ4n) is 2.66. The number of aryl methyl sites for hydroxylation is 1. The Morgan fingerprint density at radius 3 is 2.50 bits per heavy atom. The molecule has 0 saturated carbocycles. The zero-order chi connectivity index (χ0) is 20.1. The van der Waals surface area contributed by atoms with E-state index in [1.54, 1.807) is 48.5 Å². The highest BCUT2D eigenvalue weighted by atomic mass is 35.5. The van der Waals surface area contributed by atoms with E-state index < -0.39 is 15.9 Å². The second kappa shape index (κ2) is 8.60. The smallest absolute Gasteiger partial charge is 0.243 e. The molecule has 0 aliphatic heterocycles. The first-order valence-electron chi connectivity index (χ1n) is 8.50. The van der Waals surface area contributed by atoms with Gasteiger partial charge in [0.15, 0.2) is 0 Å². The van der Waals surface area contributed by atoms with E-state index in [2.05, 4.69) is 5.32 Å². The van der Waals surface area contributed by atoms with E-state index >= 15 is 0 Å². The summed E-state index contributed by atoms with van der Waals surface area (Å²) in [7, 11) is -3.89. The molecule has 0 spiro atoms. The zero-order valence-electron chi connectivity index (χ0n) is 15.1. The Morgan fingerprint density at radius 1 is 1.11 bits per heavy atom. The molecular formula is C20H19ClN2O4S. The minimum atomic E-state index is -3.89. The number of hydrogen-bond donors (Lipinski definition) is 1. The summed E-state index contributed by atoms with van der Waals surface area (Å²) in [6.45, 7) is 1.39. The molecule has 0 aliphatic rings. The van der Waals surface area contributed by atoms with Gasteiger partial charge >= 0.3 is 0 Å². The van der Waals surface area contributed by atoms with Crippen molar-refractivity contribution in [2.45, 2.75) is 18.4 Å². The molecular weight excluding hydrogens is 400 g/mol. The number of rotatable bonds is 7. The molecule has 0 atom stereocenters. The quantitative estimate of drug-likeness (QED) is 0.627. The minimum Gasteiger partial charge on any atom is -0.468 e. The van der Waals surface area contributed by atoms with Crippen molar-refractivity contribution in [1.29, 1.82) is 0 Å². The molecule has 146 valence electrons. The normalized spacial score (nSPS) is 11.5. The summed E-state index contributed by atoms with van der Waals surface area (Å²) in [6, 6.07) is 16.4. The number of furan rings is 1. The number of carbonyl (C=O) groups is 1. The minimum absolute atomic E-state index is 0.0583. The van der Waals surface area contributed by atoms with Crippen molar-refractivity contribution in [3.63, 3.8) is 0 Å². The van der Waals surface area contributed by atoms with Crippen LogP contribution in [0.4, 0.5) is 5.69 Å². The number of nitrogens with zero attached hydrogens (tertiary/aromatic N) is 1. The summed E-state index contributed by atoms with van der Waals surface area (Å²) < 4.78 is 32.4. The summed E-state index contributed by atoms with van der Waals surface area (Å²) in [5.74, 6) is -0.0218. The molecule has 0 saturated heterocycles. The Kier molecular flexibility index (Phi) is 6.18. The van der Waals surface area contributed by atoms with Crippen LogP contribution in [0.15, 0.2) is 76.2 Å². The Hall–Kier alpha value is -2.61. The Labute approximate surface area is 168 Å². The number of amides is 1. The number of carbonyl (C=O) groups excluding carboxylic acids is 1. The first-order valence-corrected chi connectivity index (χ1v) is 10.3. The molecule has 0 bridgehead atoms. The van der Waals surface area contributed by atoms with Crippen molar-refractivity contribution < 1.29 is 17.6 Å². The molecule has 8 heteroatoms. The number of halogens is 1. The number of anilines is 1. The van der Waals surface area contributed by atoms with Crippen LogP contribution in [0, 0.1) is 6.92 Å². The number of sulfonamides is 1. The van der Waals surface area contributed by atoms with Crippen molar-refractivity contribution in [3.8, 4) is 0 Å². The predicted octanol–water partition coefficient (Wildman–Crippen LogP) is 4.07. The molecule has 1 aromatic heterocycles. The summed E-state index contributed by atoms with van der Waals surface area (Å²) in [5.41, 5.74) is 1.36. The van der Waals surface area contributed by atoms with E-state index in [4.69, 9.17) is 16.0 Å². The van der Waals surface area contributed by atoms with Gasteiger partial charge in [0.05, 0.1) is 24.2 Å². The van der Waals surface area contributed by atoms with Gasteiger partial charge < -0.3 is 9.73 Å². The van der Waals surface area contributed by atoms with E-state index in [0.717, 1.165) is 9.87 Å². The Morgan fingerprint density at radius 2 is 1.86 bits per heavy atom. The van der Waals surface area contributed by atoms with Crippen molar-refractivity contribution in [1.82, 2.24) is 4.31 Å². The van der Waals surface area contributed by atoms with Gasteiger partial charge in [0.2, 0.25) is 15.9 Å². The van der Waals surface area contributed by atoms with Crippen LogP contribution in [-0.2, 0) is 21.4 Å². The van der Waals surface area contributed by atoms with Gasteiger partial charge in [-0.15, -0.1) is 0 Å². The first kappa shape index (κ1) is 20.1. The van der Waals surface area contributed by atoms with Gasteiger partial charge in [0, 0.05) is 10.7 Å². The van der Waals surface area contributed by atoms with Gasteiger partial charge in [-0.3, -0.25) is 4.79 Å². The van der Waals surface area contributed by atoms with Crippen molar-refractivity contribution in [3.05, 3.63) is 83.3 Å². The van der Waals surface area contributed by atoms with Gasteiger partial charge in [0.25, 0.3) is 0 Å². The van der Waals surface area contributed by atoms with Crippen LogP contribution in [0.3, 0.4) is 0 Å². The third-order valence-corrected chi connectivity index (χ3v) is 6.12. The number of benzene rings is 2. The average molecular weight is 419 g/mol. The van der Waals surface area contributed by atoms with Crippen LogP contribution in [-0.4, -0.2) is 25.2 Å². The lowest BCUT2D eigenvalue weighted by atomic mass is 10.2. The first-order chi connectivity index (χ1) is 13.4. The maximum Gasteiger partial charge on any atom is 0.243 e. The fraction of sp³-hybridized carbons (Fsp3) is 0.150. The molecule has 3 aromatic rings. The van der Waals surface area contributed by atoms with Crippen molar-refractivity contribution in [2.24, 2.45) is 0 Å². The van der Waals surface area contributed by atoms with E-state index in [0.29, 0.717) is 16.5 Å². The van der Waals surface area contributed by atoms with Crippen LogP contribution in [0.1, 0.15) is 11.3 Å². The second-order valence-electron chi connectivity index (χ2n) is 6.17. The highest BCUT2D eigenvalue weighted by Crippen LogP contribution is 2.21. The lowest BCUT2D eigenvalue weighted by Crippen LogP contribution is -2.37. The van der Waals surface area contributed by atoms with E-state index in [9.17, 15) is 13.2 Å². The average Bonchev–Trinajstić information content (AvgIpc) is 3.17. The monoisotopic (exact) mass is 418 g/mol. The molecule has 3 rings (SSSR count). The highest BCUT2D eigenvalue weighted by molar-refractivity contribution is 7.89. The van der Waals surface area contributed by atoms with Crippen LogP contribution in [0.2, 0.25) is 5.02 Å². The molecule has 1 N–H and O–H groups in total. The van der Waals surface area contributed by atoms with Crippen molar-refractivity contribution >= 4 is 33.2 Å². The molecule has 6 nitrogen and oxygen atoms in total. The van der Waals surface area contributed by atoms with E-state index in [1.807, 2.05) is 6.92 Å². The molecule has 28 heavy (non-hydrogen) atoms. The largest absolute Gasteiger partial charge is 0.468 e. The second-order valence-corrected chi connectivity index (χ2v) is 8.55. The van der Waals surface area contributed by atoms with Gasteiger partial charge in [-0.1, -0.05) is 29.8 Å². The molecule has 0 unspecified atom stereocenters. The van der Waals surface area contributed by atoms with E-state index in [1.165, 1.54) is 18.4 Å². The van der Waals surface area contributed by atoms with E-state index in [-0.39, 0.29) is 18.0 Å². The molecule has 2 aromatic carbocycles. The topological polar surface area (TPSA) is 79.6 Å². The van der Waals surface area contributed by atoms with Gasteiger partial charge in [0.1, 0.15) is 5.76 Å². The van der Waals surface area contributed by atoms with Crippen LogP contribution in [0.5, 0.6) is 0 Å². The van der Waals surface area contributed by atoms with Gasteiger partial charge in [-0.05, 0) is 55.0 Å². The lowest BCUT2D eigenvalue weighted by molar-refractivity contribution is -0.116. The number of nitrogens with one attached hydrogen (secondary N) is 1. The number of hydrogen-bond acceptors (Lipinski definition) is 4. The maximum absolute atomic E-state index is 13.0. The summed E-state index contributed by atoms with van der Waals surface area (Å²) in [5, 5.41) is 3.29. The van der Waals surface area contributed by atoms with Crippen molar-refractivity contribution in [2.75, 3.05) is 11.9 Å². The van der Waals surface area contributed by atoms with Crippen LogP contribution in [0.25, 0.3) is 0 Å². The summed E-state index contributed by atoms with van der Waals surface area (Å²) in [4.78, 5) is 12.7. The van der Waals surface area contributed by atoms with Crippen LogP contribution < -0.4 is 5.32 Å². The molecule has 0 fully saturated rings. The summed E-state index contributed by atoms with van der Waals surface area (Å²) >= 11 is 5.93. The van der Waals surface area contributed by atoms with Gasteiger partial charge in [-0.25, -0.2) is 8.42 Å².